The molecular weight excluding hydrogens is 362 g/mol. The third-order valence-electron chi connectivity index (χ3n) is 6.31. The second kappa shape index (κ2) is 6.08. The number of nitrogens with zero attached hydrogens (tertiary/aromatic N) is 1. The highest BCUT2D eigenvalue weighted by Crippen LogP contribution is 2.49. The van der Waals surface area contributed by atoms with Crippen LogP contribution in [0.5, 0.6) is 0 Å². The quantitative estimate of drug-likeness (QED) is 0.288. The van der Waals surface area contributed by atoms with Crippen molar-refractivity contribution in [2.45, 2.75) is 6.92 Å². The molecule has 6 rings (SSSR count). The Bertz CT molecular complexity index is 1510. The van der Waals surface area contributed by atoms with E-state index in [0.29, 0.717) is 0 Å². The van der Waals surface area contributed by atoms with Gasteiger partial charge in [0, 0.05) is 16.5 Å². The van der Waals surface area contributed by atoms with Gasteiger partial charge in [0.15, 0.2) is 0 Å². The van der Waals surface area contributed by atoms with Crippen molar-refractivity contribution < 1.29 is 0 Å². The Kier molecular flexibility index (Phi) is 3.45. The van der Waals surface area contributed by atoms with Crippen LogP contribution in [0.1, 0.15) is 22.3 Å². The summed E-state index contributed by atoms with van der Waals surface area (Å²) >= 11 is 0. The Labute approximate surface area is 176 Å². The van der Waals surface area contributed by atoms with Crippen molar-refractivity contribution in [3.63, 3.8) is 0 Å². The molecule has 1 heterocycles. The van der Waals surface area contributed by atoms with Crippen LogP contribution >= 0.6 is 0 Å². The van der Waals surface area contributed by atoms with Crippen LogP contribution in [0, 0.1) is 6.92 Å². The molecule has 0 bridgehead atoms. The van der Waals surface area contributed by atoms with Gasteiger partial charge in [0.25, 0.3) is 0 Å². The van der Waals surface area contributed by atoms with E-state index in [0.717, 1.165) is 5.57 Å². The van der Waals surface area contributed by atoms with Gasteiger partial charge in [0.1, 0.15) is 0 Å². The Hall–Kier alpha value is -3.84. The first-order valence-corrected chi connectivity index (χ1v) is 10.3. The van der Waals surface area contributed by atoms with Gasteiger partial charge in [-0.1, -0.05) is 73.3 Å². The van der Waals surface area contributed by atoms with E-state index < -0.39 is 0 Å². The van der Waals surface area contributed by atoms with Crippen LogP contribution in [-0.2, 0) is 0 Å². The molecule has 0 radical (unpaired) electrons. The maximum absolute atomic E-state index is 4.46. The lowest BCUT2D eigenvalue weighted by atomic mass is 9.94. The lowest BCUT2D eigenvalue weighted by Crippen LogP contribution is -1.94. The molecule has 1 aliphatic rings. The summed E-state index contributed by atoms with van der Waals surface area (Å²) in [4.78, 5) is 0. The Balaban J connectivity index is 1.87. The fourth-order valence-corrected chi connectivity index (χ4v) is 5.04. The van der Waals surface area contributed by atoms with Crippen molar-refractivity contribution in [3.05, 3.63) is 114 Å². The van der Waals surface area contributed by atoms with E-state index >= 15 is 0 Å². The summed E-state index contributed by atoms with van der Waals surface area (Å²) in [6.07, 6.45) is 2.01. The zero-order valence-electron chi connectivity index (χ0n) is 16.9. The monoisotopic (exact) mass is 383 g/mol. The summed E-state index contributed by atoms with van der Waals surface area (Å²) in [5, 5.41) is 2.51. The average molecular weight is 383 g/mol. The van der Waals surface area contributed by atoms with Crippen LogP contribution in [0.15, 0.2) is 92.0 Å². The first kappa shape index (κ1) is 17.1. The Morgan fingerprint density at radius 1 is 0.767 bits per heavy atom. The Morgan fingerprint density at radius 3 is 2.27 bits per heavy atom. The Morgan fingerprint density at radius 2 is 1.50 bits per heavy atom. The minimum absolute atomic E-state index is 1.09. The summed E-state index contributed by atoms with van der Waals surface area (Å²) in [5.41, 5.74) is 12.0. The van der Waals surface area contributed by atoms with Crippen LogP contribution in [0.25, 0.3) is 50.3 Å². The van der Waals surface area contributed by atoms with Crippen molar-refractivity contribution in [2.75, 3.05) is 0 Å². The van der Waals surface area contributed by atoms with E-state index in [-0.39, 0.29) is 0 Å². The average Bonchev–Trinajstić information content (AvgIpc) is 3.25. The lowest BCUT2D eigenvalue weighted by molar-refractivity contribution is 1.18. The number of hydrogen-bond donors (Lipinski definition) is 0. The molecule has 4 aromatic carbocycles. The van der Waals surface area contributed by atoms with Crippen LogP contribution in [0.2, 0.25) is 0 Å². The lowest BCUT2D eigenvalue weighted by Gasteiger charge is -2.11. The van der Waals surface area contributed by atoms with Gasteiger partial charge in [-0.15, -0.1) is 0 Å². The maximum atomic E-state index is 4.46. The molecule has 30 heavy (non-hydrogen) atoms. The standard InChI is InChI=1S/C29H21N/c1-4-21-28-19(3)22-12-8-9-13-23(22)24(28)17-27-29(21)25-16-18(2)14-15-26(25)30(27)20-10-6-5-7-11-20/h4-17H,1,3H2,2H3. The highest BCUT2D eigenvalue weighted by molar-refractivity contribution is 6.18. The number of para-hydroxylation sites is 1. The molecule has 0 fully saturated rings. The van der Waals surface area contributed by atoms with E-state index in [4.69, 9.17) is 0 Å². The van der Waals surface area contributed by atoms with Gasteiger partial charge in [-0.3, -0.25) is 0 Å². The summed E-state index contributed by atoms with van der Waals surface area (Å²) in [5.74, 6) is 0. The zero-order valence-corrected chi connectivity index (χ0v) is 16.9. The van der Waals surface area contributed by atoms with Gasteiger partial charge >= 0.3 is 0 Å². The van der Waals surface area contributed by atoms with Crippen LogP contribution < -0.4 is 0 Å². The number of rotatable bonds is 2. The highest BCUT2D eigenvalue weighted by atomic mass is 15.0. The zero-order chi connectivity index (χ0) is 20.4. The first-order chi connectivity index (χ1) is 14.7. The van der Waals surface area contributed by atoms with Crippen molar-refractivity contribution in [2.24, 2.45) is 0 Å². The highest BCUT2D eigenvalue weighted by Gasteiger charge is 2.27. The molecule has 1 nitrogen and oxygen atoms in total. The fraction of sp³-hybridized carbons (Fsp3) is 0.0345. The van der Waals surface area contributed by atoms with Gasteiger partial charge in [0.2, 0.25) is 0 Å². The van der Waals surface area contributed by atoms with E-state index in [1.165, 1.54) is 60.9 Å². The summed E-state index contributed by atoms with van der Waals surface area (Å²) in [7, 11) is 0. The molecule has 0 unspecified atom stereocenters. The molecule has 5 aromatic rings. The predicted molar refractivity (Wildman–Crippen MR) is 129 cm³/mol. The molecule has 0 N–H and O–H groups in total. The third-order valence-corrected chi connectivity index (χ3v) is 6.31. The fourth-order valence-electron chi connectivity index (χ4n) is 5.04. The van der Waals surface area contributed by atoms with E-state index in [1.807, 2.05) is 6.08 Å². The number of hydrogen-bond acceptors (Lipinski definition) is 0. The molecule has 0 aliphatic heterocycles. The van der Waals surface area contributed by atoms with Crippen molar-refractivity contribution in [3.8, 4) is 16.8 Å². The molecule has 142 valence electrons. The van der Waals surface area contributed by atoms with E-state index in [1.54, 1.807) is 0 Å². The van der Waals surface area contributed by atoms with Gasteiger partial charge < -0.3 is 4.57 Å². The largest absolute Gasteiger partial charge is 0.309 e. The number of aryl methyl sites for hydroxylation is 1. The summed E-state index contributed by atoms with van der Waals surface area (Å²) in [6.45, 7) is 10.8. The molecule has 0 atom stereocenters. The molecule has 1 heteroatoms. The van der Waals surface area contributed by atoms with Crippen LogP contribution in [0.3, 0.4) is 0 Å². The normalized spacial score (nSPS) is 12.4. The summed E-state index contributed by atoms with van der Waals surface area (Å²) < 4.78 is 2.38. The minimum Gasteiger partial charge on any atom is -0.309 e. The summed E-state index contributed by atoms with van der Waals surface area (Å²) in [6, 6.07) is 28.2. The van der Waals surface area contributed by atoms with Gasteiger partial charge in [-0.25, -0.2) is 0 Å². The molecule has 0 saturated carbocycles. The number of aromatic nitrogens is 1. The third kappa shape index (κ3) is 2.12. The van der Waals surface area contributed by atoms with Crippen LogP contribution in [0.4, 0.5) is 0 Å². The number of fused-ring (bicyclic) bond motifs is 6. The maximum Gasteiger partial charge on any atom is 0.0553 e. The van der Waals surface area contributed by atoms with Gasteiger partial charge in [0.05, 0.1) is 11.0 Å². The number of benzene rings is 4. The molecule has 0 amide bonds. The minimum atomic E-state index is 1.09. The molecule has 0 saturated heterocycles. The van der Waals surface area contributed by atoms with E-state index in [9.17, 15) is 0 Å². The smallest absolute Gasteiger partial charge is 0.0553 e. The topological polar surface area (TPSA) is 4.93 Å². The van der Waals surface area contributed by atoms with Crippen LogP contribution in [-0.4, -0.2) is 4.57 Å². The van der Waals surface area contributed by atoms with Crippen molar-refractivity contribution in [1.29, 1.82) is 0 Å². The van der Waals surface area contributed by atoms with Gasteiger partial charge in [-0.05, 0) is 70.6 Å². The molecule has 1 aromatic heterocycles. The van der Waals surface area contributed by atoms with E-state index in [2.05, 4.69) is 104 Å². The molecular formula is C29H21N. The van der Waals surface area contributed by atoms with Crippen molar-refractivity contribution >= 4 is 33.5 Å². The molecule has 1 aliphatic carbocycles. The van der Waals surface area contributed by atoms with Crippen molar-refractivity contribution in [1.82, 2.24) is 4.57 Å². The molecule has 0 spiro atoms. The predicted octanol–water partition coefficient (Wildman–Crippen LogP) is 7.78. The second-order valence-corrected chi connectivity index (χ2v) is 8.03. The first-order valence-electron chi connectivity index (χ1n) is 10.3. The van der Waals surface area contributed by atoms with Gasteiger partial charge in [-0.2, -0.15) is 0 Å². The second-order valence-electron chi connectivity index (χ2n) is 8.03. The SMILES string of the molecule is C=Cc1c2c(cc3c1c1cc(C)ccc1n3-c1ccccc1)-c1ccccc1C2=C.